The molecule has 1 unspecified atom stereocenters. The Bertz CT molecular complexity index is 652. The van der Waals surface area contributed by atoms with Crippen molar-refractivity contribution < 1.29 is 23.8 Å². The SMILES string of the molecule is CCOC(=O)c1csc(SCC[C@@H]2[C@@H](C=O)[C@H](OC3CCCCO3)C[C@H]2Cl)n1. The number of nitrogens with zero attached hydrogens (tertiary/aromatic N) is 1. The molecule has 0 spiro atoms. The van der Waals surface area contributed by atoms with Gasteiger partial charge in [0.25, 0.3) is 0 Å². The summed E-state index contributed by atoms with van der Waals surface area (Å²) < 4.78 is 17.5. The summed E-state index contributed by atoms with van der Waals surface area (Å²) in [6.07, 6.45) is 5.11. The van der Waals surface area contributed by atoms with E-state index in [0.717, 1.165) is 48.7 Å². The summed E-state index contributed by atoms with van der Waals surface area (Å²) >= 11 is 9.56. The van der Waals surface area contributed by atoms with Gasteiger partial charge in [-0.15, -0.1) is 22.9 Å². The topological polar surface area (TPSA) is 74.7 Å². The van der Waals surface area contributed by atoms with Crippen LogP contribution >= 0.6 is 34.7 Å². The lowest BCUT2D eigenvalue weighted by Crippen LogP contribution is -2.32. The van der Waals surface area contributed by atoms with Crippen molar-refractivity contribution in [3.8, 4) is 0 Å². The van der Waals surface area contributed by atoms with Crippen LogP contribution in [0.3, 0.4) is 0 Å². The van der Waals surface area contributed by atoms with Crippen LogP contribution in [0.1, 0.15) is 49.5 Å². The summed E-state index contributed by atoms with van der Waals surface area (Å²) in [5, 5.41) is 1.62. The van der Waals surface area contributed by atoms with E-state index >= 15 is 0 Å². The molecule has 156 valence electrons. The first kappa shape index (κ1) is 22.0. The molecule has 5 atom stereocenters. The van der Waals surface area contributed by atoms with Crippen LogP contribution in [0.4, 0.5) is 0 Å². The third-order valence-corrected chi connectivity index (χ3v) is 7.67. The van der Waals surface area contributed by atoms with E-state index in [4.69, 9.17) is 25.8 Å². The van der Waals surface area contributed by atoms with Crippen LogP contribution in [0.15, 0.2) is 9.72 Å². The second-order valence-electron chi connectivity index (χ2n) is 6.96. The number of aromatic nitrogens is 1. The zero-order valence-corrected chi connectivity index (χ0v) is 18.3. The van der Waals surface area contributed by atoms with E-state index in [2.05, 4.69) is 4.98 Å². The Morgan fingerprint density at radius 2 is 2.36 bits per heavy atom. The molecular weight excluding hydrogens is 422 g/mol. The van der Waals surface area contributed by atoms with Gasteiger partial charge in [-0.1, -0.05) is 11.8 Å². The molecule has 1 aromatic rings. The fraction of sp³-hybridized carbons (Fsp3) is 0.737. The molecule has 6 nitrogen and oxygen atoms in total. The number of ether oxygens (including phenoxy) is 3. The predicted molar refractivity (Wildman–Crippen MR) is 109 cm³/mol. The largest absolute Gasteiger partial charge is 0.461 e. The van der Waals surface area contributed by atoms with Crippen molar-refractivity contribution in [1.29, 1.82) is 0 Å². The van der Waals surface area contributed by atoms with Crippen LogP contribution in [-0.4, -0.2) is 54.0 Å². The number of halogens is 1. The van der Waals surface area contributed by atoms with Crippen LogP contribution in [-0.2, 0) is 19.0 Å². The van der Waals surface area contributed by atoms with Crippen LogP contribution in [0, 0.1) is 11.8 Å². The molecule has 0 radical (unpaired) electrons. The number of thiazole rings is 1. The average Bonchev–Trinajstić information content (AvgIpc) is 3.28. The first-order valence-electron chi connectivity index (χ1n) is 9.74. The van der Waals surface area contributed by atoms with Crippen molar-refractivity contribution in [3.05, 3.63) is 11.1 Å². The Balaban J connectivity index is 1.49. The lowest BCUT2D eigenvalue weighted by Gasteiger charge is -2.28. The second-order valence-corrected chi connectivity index (χ2v) is 9.72. The summed E-state index contributed by atoms with van der Waals surface area (Å²) in [5.41, 5.74) is 0.345. The number of esters is 1. The molecule has 9 heteroatoms. The van der Waals surface area contributed by atoms with Gasteiger partial charge in [0.2, 0.25) is 0 Å². The number of rotatable bonds is 9. The average molecular weight is 448 g/mol. The summed E-state index contributed by atoms with van der Waals surface area (Å²) in [7, 11) is 0. The molecule has 28 heavy (non-hydrogen) atoms. The predicted octanol–water partition coefficient (Wildman–Crippen LogP) is 4.16. The van der Waals surface area contributed by atoms with Gasteiger partial charge in [0.1, 0.15) is 6.29 Å². The maximum atomic E-state index is 11.7. The van der Waals surface area contributed by atoms with E-state index in [0.29, 0.717) is 18.7 Å². The monoisotopic (exact) mass is 447 g/mol. The van der Waals surface area contributed by atoms with Gasteiger partial charge in [0, 0.05) is 29.0 Å². The van der Waals surface area contributed by atoms with Crippen molar-refractivity contribution in [2.45, 2.75) is 61.1 Å². The molecule has 1 aromatic heterocycles. The zero-order chi connectivity index (χ0) is 19.9. The van der Waals surface area contributed by atoms with Crippen molar-refractivity contribution in [1.82, 2.24) is 4.98 Å². The highest BCUT2D eigenvalue weighted by molar-refractivity contribution is 8.01. The summed E-state index contributed by atoms with van der Waals surface area (Å²) in [4.78, 5) is 27.7. The maximum Gasteiger partial charge on any atom is 0.357 e. The van der Waals surface area contributed by atoms with Gasteiger partial charge in [-0.2, -0.15) is 0 Å². The van der Waals surface area contributed by atoms with Gasteiger partial charge in [0.05, 0.1) is 12.7 Å². The Labute approximate surface area is 178 Å². The summed E-state index contributed by atoms with van der Waals surface area (Å²) in [6.45, 7) is 2.82. The molecule has 3 rings (SSSR count). The molecule has 0 aromatic carbocycles. The van der Waals surface area contributed by atoms with Gasteiger partial charge in [-0.05, 0) is 44.9 Å². The fourth-order valence-corrected chi connectivity index (χ4v) is 6.07. The van der Waals surface area contributed by atoms with E-state index in [1.54, 1.807) is 24.1 Å². The smallest absolute Gasteiger partial charge is 0.357 e. The molecular formula is C19H26ClNO5S2. The number of hydrogen-bond donors (Lipinski definition) is 0. The lowest BCUT2D eigenvalue weighted by atomic mass is 9.93. The van der Waals surface area contributed by atoms with Gasteiger partial charge in [0.15, 0.2) is 16.3 Å². The number of thioether (sulfide) groups is 1. The van der Waals surface area contributed by atoms with Crippen molar-refractivity contribution in [3.63, 3.8) is 0 Å². The standard InChI is InChI=1S/C19H26ClNO5S2/c1-2-24-18(23)15-11-28-19(21-15)27-8-6-12-13(10-22)16(9-14(12)20)26-17-5-3-4-7-25-17/h10-14,16-17H,2-9H2,1H3/t12-,13-,14-,16-,17?/m1/s1. The van der Waals surface area contributed by atoms with Gasteiger partial charge < -0.3 is 19.0 Å². The zero-order valence-electron chi connectivity index (χ0n) is 15.9. The highest BCUT2D eigenvalue weighted by Crippen LogP contribution is 2.41. The fourth-order valence-electron chi connectivity index (χ4n) is 3.70. The van der Waals surface area contributed by atoms with E-state index in [-0.39, 0.29) is 29.6 Å². The van der Waals surface area contributed by atoms with E-state index in [1.165, 1.54) is 11.3 Å². The molecule has 2 aliphatic rings. The van der Waals surface area contributed by atoms with E-state index < -0.39 is 5.97 Å². The number of carbonyl (C=O) groups excluding carboxylic acids is 2. The molecule has 1 aliphatic heterocycles. The van der Waals surface area contributed by atoms with E-state index in [9.17, 15) is 9.59 Å². The molecule has 2 fully saturated rings. The Hall–Kier alpha value is -0.670. The quantitative estimate of drug-likeness (QED) is 0.243. The normalized spacial score (nSPS) is 30.3. The minimum absolute atomic E-state index is 0.0738. The molecule has 0 N–H and O–H groups in total. The van der Waals surface area contributed by atoms with Crippen LogP contribution in [0.25, 0.3) is 0 Å². The number of aldehydes is 1. The Morgan fingerprint density at radius 3 is 3.07 bits per heavy atom. The number of alkyl halides is 1. The highest BCUT2D eigenvalue weighted by atomic mass is 35.5. The van der Waals surface area contributed by atoms with Crippen molar-refractivity contribution >= 4 is 47.0 Å². The molecule has 1 saturated carbocycles. The van der Waals surface area contributed by atoms with Crippen molar-refractivity contribution in [2.75, 3.05) is 19.0 Å². The molecule has 0 bridgehead atoms. The third-order valence-electron chi connectivity index (χ3n) is 5.11. The molecule has 1 saturated heterocycles. The minimum Gasteiger partial charge on any atom is -0.461 e. The summed E-state index contributed by atoms with van der Waals surface area (Å²) in [5.74, 6) is 0.249. The maximum absolute atomic E-state index is 11.7. The number of carbonyl (C=O) groups is 2. The van der Waals surface area contributed by atoms with Gasteiger partial charge in [-0.3, -0.25) is 0 Å². The number of hydrogen-bond acceptors (Lipinski definition) is 8. The second kappa shape index (κ2) is 10.9. The van der Waals surface area contributed by atoms with Crippen LogP contribution in [0.5, 0.6) is 0 Å². The third kappa shape index (κ3) is 5.69. The highest BCUT2D eigenvalue weighted by Gasteiger charge is 2.43. The van der Waals surface area contributed by atoms with Crippen molar-refractivity contribution in [2.24, 2.45) is 11.8 Å². The Kier molecular flexibility index (Phi) is 8.59. The van der Waals surface area contributed by atoms with Crippen LogP contribution < -0.4 is 0 Å². The minimum atomic E-state index is -0.395. The van der Waals surface area contributed by atoms with Gasteiger partial charge >= 0.3 is 5.97 Å². The summed E-state index contributed by atoms with van der Waals surface area (Å²) in [6, 6.07) is 0. The van der Waals surface area contributed by atoms with Gasteiger partial charge in [-0.25, -0.2) is 9.78 Å². The molecule has 0 amide bonds. The molecule has 1 aliphatic carbocycles. The Morgan fingerprint density at radius 1 is 1.50 bits per heavy atom. The lowest BCUT2D eigenvalue weighted by molar-refractivity contribution is -0.194. The first-order chi connectivity index (χ1) is 13.6. The first-order valence-corrected chi connectivity index (χ1v) is 12.0. The van der Waals surface area contributed by atoms with E-state index in [1.807, 2.05) is 0 Å². The van der Waals surface area contributed by atoms with Crippen LogP contribution in [0.2, 0.25) is 0 Å². The molecule has 2 heterocycles.